The van der Waals surface area contributed by atoms with Gasteiger partial charge in [0.15, 0.2) is 0 Å². The second-order valence-corrected chi connectivity index (χ2v) is 3.77. The number of aromatic nitrogens is 2. The minimum Gasteiger partial charge on any atom is -0.478 e. The largest absolute Gasteiger partial charge is 0.478 e. The molecule has 2 aromatic rings. The summed E-state index contributed by atoms with van der Waals surface area (Å²) in [5.41, 5.74) is 1.33. The topological polar surface area (TPSA) is 55.1 Å². The quantitative estimate of drug-likeness (QED) is 0.866. The highest BCUT2D eigenvalue weighted by Crippen LogP contribution is 2.27. The maximum atomic E-state index is 13.5. The lowest BCUT2D eigenvalue weighted by molar-refractivity contribution is 0.0693. The molecule has 5 heteroatoms. The number of carboxylic acid groups (broad SMARTS) is 1. The molecule has 0 atom stereocenters. The van der Waals surface area contributed by atoms with Crippen molar-refractivity contribution in [1.82, 2.24) is 9.78 Å². The van der Waals surface area contributed by atoms with Crippen molar-refractivity contribution in [3.8, 4) is 11.1 Å². The molecular formula is C12H11FN2O2. The molecule has 0 amide bonds. The van der Waals surface area contributed by atoms with Crippen LogP contribution in [-0.4, -0.2) is 20.9 Å². The molecule has 4 nitrogen and oxygen atoms in total. The molecule has 0 aliphatic carbocycles. The van der Waals surface area contributed by atoms with E-state index in [2.05, 4.69) is 5.10 Å². The molecule has 0 bridgehead atoms. The van der Waals surface area contributed by atoms with Gasteiger partial charge >= 0.3 is 5.97 Å². The van der Waals surface area contributed by atoms with Gasteiger partial charge in [0.25, 0.3) is 0 Å². The van der Waals surface area contributed by atoms with E-state index in [-0.39, 0.29) is 5.56 Å². The summed E-state index contributed by atoms with van der Waals surface area (Å²) >= 11 is 0. The molecule has 1 heterocycles. The van der Waals surface area contributed by atoms with E-state index in [0.29, 0.717) is 16.8 Å². The van der Waals surface area contributed by atoms with Crippen LogP contribution in [0.25, 0.3) is 11.1 Å². The van der Waals surface area contributed by atoms with Crippen LogP contribution < -0.4 is 0 Å². The fraction of sp³-hybridized carbons (Fsp3) is 0.167. The third-order valence-electron chi connectivity index (χ3n) is 2.53. The number of benzene rings is 1. The Kier molecular flexibility index (Phi) is 2.67. The van der Waals surface area contributed by atoms with E-state index in [1.54, 1.807) is 30.9 Å². The fourth-order valence-electron chi connectivity index (χ4n) is 1.83. The first-order valence-corrected chi connectivity index (χ1v) is 5.03. The number of aryl methyl sites for hydroxylation is 2. The van der Waals surface area contributed by atoms with Crippen LogP contribution in [0.4, 0.5) is 4.39 Å². The third-order valence-corrected chi connectivity index (χ3v) is 2.53. The molecule has 0 unspecified atom stereocenters. The maximum absolute atomic E-state index is 13.5. The molecule has 0 fully saturated rings. The number of carbonyl (C=O) groups is 1. The predicted octanol–water partition coefficient (Wildman–Crippen LogP) is 2.23. The van der Waals surface area contributed by atoms with Crippen LogP contribution in [0.5, 0.6) is 0 Å². The van der Waals surface area contributed by atoms with E-state index in [0.717, 1.165) is 6.07 Å². The molecule has 17 heavy (non-hydrogen) atoms. The van der Waals surface area contributed by atoms with E-state index in [1.165, 1.54) is 6.07 Å². The number of carboxylic acids is 1. The van der Waals surface area contributed by atoms with Gasteiger partial charge in [0.2, 0.25) is 0 Å². The molecule has 1 aromatic heterocycles. The Morgan fingerprint density at radius 2 is 2.12 bits per heavy atom. The van der Waals surface area contributed by atoms with Crippen LogP contribution in [-0.2, 0) is 7.05 Å². The van der Waals surface area contributed by atoms with E-state index in [9.17, 15) is 9.18 Å². The number of hydrogen-bond donors (Lipinski definition) is 1. The van der Waals surface area contributed by atoms with Gasteiger partial charge in [-0.25, -0.2) is 9.18 Å². The van der Waals surface area contributed by atoms with Gasteiger partial charge in [0.05, 0.1) is 5.69 Å². The highest BCUT2D eigenvalue weighted by Gasteiger charge is 2.19. The molecule has 0 saturated carbocycles. The van der Waals surface area contributed by atoms with Crippen molar-refractivity contribution in [2.45, 2.75) is 6.92 Å². The van der Waals surface area contributed by atoms with Gasteiger partial charge in [-0.2, -0.15) is 5.10 Å². The lowest BCUT2D eigenvalue weighted by atomic mass is 10.00. The first-order chi connectivity index (χ1) is 8.00. The van der Waals surface area contributed by atoms with Crippen LogP contribution in [0.1, 0.15) is 16.1 Å². The zero-order chi connectivity index (χ0) is 12.6. The zero-order valence-corrected chi connectivity index (χ0v) is 9.44. The SMILES string of the molecule is Cc1nn(C)cc1-c1cccc(F)c1C(=O)O. The molecule has 1 aromatic carbocycles. The summed E-state index contributed by atoms with van der Waals surface area (Å²) in [6.07, 6.45) is 1.68. The average molecular weight is 234 g/mol. The monoisotopic (exact) mass is 234 g/mol. The van der Waals surface area contributed by atoms with Crippen molar-refractivity contribution < 1.29 is 14.3 Å². The third kappa shape index (κ3) is 1.91. The molecule has 2 rings (SSSR count). The average Bonchev–Trinajstić information content (AvgIpc) is 2.56. The zero-order valence-electron chi connectivity index (χ0n) is 9.44. The lowest BCUT2D eigenvalue weighted by Crippen LogP contribution is -2.03. The smallest absolute Gasteiger partial charge is 0.339 e. The van der Waals surface area contributed by atoms with Gasteiger partial charge in [0.1, 0.15) is 11.4 Å². The Balaban J connectivity index is 2.71. The van der Waals surface area contributed by atoms with Crippen molar-refractivity contribution in [3.05, 3.63) is 41.5 Å². The Morgan fingerprint density at radius 1 is 1.41 bits per heavy atom. The summed E-state index contributed by atoms with van der Waals surface area (Å²) < 4.78 is 15.1. The summed E-state index contributed by atoms with van der Waals surface area (Å²) in [6.45, 7) is 1.76. The molecule has 0 aliphatic rings. The number of halogens is 1. The van der Waals surface area contributed by atoms with Crippen molar-refractivity contribution in [2.75, 3.05) is 0 Å². The second kappa shape index (κ2) is 4.01. The molecule has 0 spiro atoms. The summed E-state index contributed by atoms with van der Waals surface area (Å²) in [5, 5.41) is 13.2. The van der Waals surface area contributed by atoms with E-state index in [1.807, 2.05) is 0 Å². The van der Waals surface area contributed by atoms with Crippen molar-refractivity contribution in [1.29, 1.82) is 0 Å². The molecule has 88 valence electrons. The summed E-state index contributed by atoms with van der Waals surface area (Å²) in [6, 6.07) is 4.21. The molecule has 1 N–H and O–H groups in total. The maximum Gasteiger partial charge on any atom is 0.339 e. The van der Waals surface area contributed by atoms with Gasteiger partial charge < -0.3 is 5.11 Å². The van der Waals surface area contributed by atoms with Crippen LogP contribution in [0.3, 0.4) is 0 Å². The van der Waals surface area contributed by atoms with Gasteiger partial charge in [-0.15, -0.1) is 0 Å². The first-order valence-electron chi connectivity index (χ1n) is 5.03. The van der Waals surface area contributed by atoms with Crippen molar-refractivity contribution in [2.24, 2.45) is 7.05 Å². The molecule has 0 saturated heterocycles. The highest BCUT2D eigenvalue weighted by atomic mass is 19.1. The molecular weight excluding hydrogens is 223 g/mol. The van der Waals surface area contributed by atoms with Gasteiger partial charge in [0, 0.05) is 24.4 Å². The fourth-order valence-corrected chi connectivity index (χ4v) is 1.83. The van der Waals surface area contributed by atoms with Crippen LogP contribution in [0.15, 0.2) is 24.4 Å². The minimum atomic E-state index is -1.28. The number of aromatic carboxylic acids is 1. The summed E-state index contributed by atoms with van der Waals surface area (Å²) in [7, 11) is 1.73. The number of hydrogen-bond acceptors (Lipinski definition) is 2. The number of nitrogens with zero attached hydrogens (tertiary/aromatic N) is 2. The van der Waals surface area contributed by atoms with Crippen LogP contribution >= 0.6 is 0 Å². The summed E-state index contributed by atoms with van der Waals surface area (Å²) in [4.78, 5) is 11.1. The Bertz CT molecular complexity index is 590. The minimum absolute atomic E-state index is 0.316. The first kappa shape index (κ1) is 11.3. The second-order valence-electron chi connectivity index (χ2n) is 3.77. The Morgan fingerprint density at radius 3 is 2.65 bits per heavy atom. The van der Waals surface area contributed by atoms with Gasteiger partial charge in [-0.3, -0.25) is 4.68 Å². The molecule has 0 aliphatic heterocycles. The van der Waals surface area contributed by atoms with Gasteiger partial charge in [-0.05, 0) is 13.0 Å². The normalized spacial score (nSPS) is 10.5. The lowest BCUT2D eigenvalue weighted by Gasteiger charge is -2.05. The molecule has 0 radical (unpaired) electrons. The van der Waals surface area contributed by atoms with Gasteiger partial charge in [-0.1, -0.05) is 12.1 Å². The Hall–Kier alpha value is -2.17. The standard InChI is InChI=1S/C12H11FN2O2/c1-7-9(6-15(2)14-7)8-4-3-5-10(13)11(8)12(16)17/h3-6H,1-2H3,(H,16,17). The Labute approximate surface area is 97.3 Å². The van der Waals surface area contributed by atoms with E-state index in [4.69, 9.17) is 5.11 Å². The predicted molar refractivity (Wildman–Crippen MR) is 60.3 cm³/mol. The number of rotatable bonds is 2. The van der Waals surface area contributed by atoms with Crippen molar-refractivity contribution >= 4 is 5.97 Å². The highest BCUT2D eigenvalue weighted by molar-refractivity contribution is 5.96. The van der Waals surface area contributed by atoms with E-state index >= 15 is 0 Å². The van der Waals surface area contributed by atoms with E-state index < -0.39 is 11.8 Å². The van der Waals surface area contributed by atoms with Crippen LogP contribution in [0, 0.1) is 12.7 Å². The summed E-state index contributed by atoms with van der Waals surface area (Å²) in [5.74, 6) is -2.01. The van der Waals surface area contributed by atoms with Crippen molar-refractivity contribution in [3.63, 3.8) is 0 Å². The van der Waals surface area contributed by atoms with Crippen LogP contribution in [0.2, 0.25) is 0 Å².